The molecule has 0 amide bonds. The number of rotatable bonds is 6. The topological polar surface area (TPSA) is 39.2 Å². The van der Waals surface area contributed by atoms with Gasteiger partial charge in [0.15, 0.2) is 17.4 Å². The molecular weight excluding hydrogens is 336 g/mol. The SMILES string of the molecule is O=C(/C=C/c1ccccc1OCc1ccccn1)c1ccc(F)c(F)c1. The lowest BCUT2D eigenvalue weighted by molar-refractivity contribution is 0.104. The molecule has 1 heterocycles. The second-order valence-electron chi connectivity index (χ2n) is 5.47. The van der Waals surface area contributed by atoms with E-state index in [1.54, 1.807) is 24.4 Å². The van der Waals surface area contributed by atoms with Crippen LogP contribution in [0, 0.1) is 11.6 Å². The summed E-state index contributed by atoms with van der Waals surface area (Å²) in [6.07, 6.45) is 4.57. The van der Waals surface area contributed by atoms with E-state index in [9.17, 15) is 13.6 Å². The molecule has 0 saturated carbocycles. The van der Waals surface area contributed by atoms with E-state index in [4.69, 9.17) is 4.74 Å². The average Bonchev–Trinajstić information content (AvgIpc) is 2.68. The standard InChI is InChI=1S/C21H15F2NO2/c22-18-10-8-16(13-19(18)23)20(25)11-9-15-5-1-2-7-21(15)26-14-17-6-3-4-12-24-17/h1-13H,14H2/b11-9+. The maximum atomic E-state index is 13.3. The Bertz CT molecular complexity index is 940. The van der Waals surface area contributed by atoms with Crippen LogP contribution in [0.2, 0.25) is 0 Å². The molecule has 0 N–H and O–H groups in total. The van der Waals surface area contributed by atoms with Crippen LogP contribution < -0.4 is 4.74 Å². The normalized spacial score (nSPS) is 10.8. The predicted octanol–water partition coefficient (Wildman–Crippen LogP) is 4.83. The molecule has 0 bridgehead atoms. The van der Waals surface area contributed by atoms with E-state index >= 15 is 0 Å². The van der Waals surface area contributed by atoms with E-state index in [0.717, 1.165) is 17.8 Å². The summed E-state index contributed by atoms with van der Waals surface area (Å²) >= 11 is 0. The second kappa shape index (κ2) is 8.16. The van der Waals surface area contributed by atoms with Gasteiger partial charge in [0.25, 0.3) is 0 Å². The van der Waals surface area contributed by atoms with Crippen molar-refractivity contribution in [3.8, 4) is 5.75 Å². The fraction of sp³-hybridized carbons (Fsp3) is 0.0476. The molecule has 2 aromatic carbocycles. The molecule has 1 aromatic heterocycles. The van der Waals surface area contributed by atoms with Crippen molar-refractivity contribution in [2.75, 3.05) is 0 Å². The Morgan fingerprint density at radius 1 is 1.00 bits per heavy atom. The molecule has 0 saturated heterocycles. The van der Waals surface area contributed by atoms with Crippen molar-refractivity contribution in [1.82, 2.24) is 4.98 Å². The van der Waals surface area contributed by atoms with Crippen molar-refractivity contribution >= 4 is 11.9 Å². The molecule has 0 fully saturated rings. The molecule has 26 heavy (non-hydrogen) atoms. The van der Waals surface area contributed by atoms with Crippen molar-refractivity contribution in [1.29, 1.82) is 0 Å². The highest BCUT2D eigenvalue weighted by Crippen LogP contribution is 2.21. The lowest BCUT2D eigenvalue weighted by atomic mass is 10.1. The Kier molecular flexibility index (Phi) is 5.49. The van der Waals surface area contributed by atoms with Gasteiger partial charge in [-0.2, -0.15) is 0 Å². The zero-order valence-corrected chi connectivity index (χ0v) is 13.7. The van der Waals surface area contributed by atoms with Gasteiger partial charge in [-0.05, 0) is 48.6 Å². The lowest BCUT2D eigenvalue weighted by Gasteiger charge is -2.08. The molecule has 0 radical (unpaired) electrons. The molecule has 0 aliphatic rings. The minimum atomic E-state index is -1.05. The minimum absolute atomic E-state index is 0.0760. The summed E-state index contributed by atoms with van der Waals surface area (Å²) in [5.74, 6) is -1.88. The summed E-state index contributed by atoms with van der Waals surface area (Å²) in [6.45, 7) is 0.294. The van der Waals surface area contributed by atoms with Gasteiger partial charge in [0, 0.05) is 17.3 Å². The first-order chi connectivity index (χ1) is 12.6. The van der Waals surface area contributed by atoms with Gasteiger partial charge in [0.1, 0.15) is 12.4 Å². The largest absolute Gasteiger partial charge is 0.487 e. The highest BCUT2D eigenvalue weighted by atomic mass is 19.2. The molecule has 0 aliphatic carbocycles. The Labute approximate surface area is 149 Å². The Morgan fingerprint density at radius 3 is 2.58 bits per heavy atom. The summed E-state index contributed by atoms with van der Waals surface area (Å²) in [5, 5.41) is 0. The van der Waals surface area contributed by atoms with Crippen LogP contribution in [0.25, 0.3) is 6.08 Å². The first-order valence-electron chi connectivity index (χ1n) is 7.92. The van der Waals surface area contributed by atoms with Gasteiger partial charge in [0.2, 0.25) is 0 Å². The van der Waals surface area contributed by atoms with Crippen LogP contribution in [0.3, 0.4) is 0 Å². The minimum Gasteiger partial charge on any atom is -0.487 e. The molecule has 3 aromatic rings. The number of hydrogen-bond acceptors (Lipinski definition) is 3. The lowest BCUT2D eigenvalue weighted by Crippen LogP contribution is -1.99. The first kappa shape index (κ1) is 17.5. The van der Waals surface area contributed by atoms with Crippen LogP contribution in [0.15, 0.2) is 72.9 Å². The third-order valence-corrected chi connectivity index (χ3v) is 3.64. The van der Waals surface area contributed by atoms with Crippen molar-refractivity contribution in [2.45, 2.75) is 6.61 Å². The summed E-state index contributed by atoms with van der Waals surface area (Å²) < 4.78 is 32.0. The number of allylic oxidation sites excluding steroid dienone is 1. The van der Waals surface area contributed by atoms with Gasteiger partial charge in [-0.3, -0.25) is 9.78 Å². The molecule has 0 spiro atoms. The fourth-order valence-electron chi connectivity index (χ4n) is 2.30. The van der Waals surface area contributed by atoms with Crippen molar-refractivity contribution < 1.29 is 18.3 Å². The highest BCUT2D eigenvalue weighted by molar-refractivity contribution is 6.06. The van der Waals surface area contributed by atoms with Crippen LogP contribution >= 0.6 is 0 Å². The smallest absolute Gasteiger partial charge is 0.185 e. The summed E-state index contributed by atoms with van der Waals surface area (Å²) in [7, 11) is 0. The third-order valence-electron chi connectivity index (χ3n) is 3.64. The molecule has 0 atom stereocenters. The Morgan fingerprint density at radius 2 is 1.81 bits per heavy atom. The average molecular weight is 351 g/mol. The number of carbonyl (C=O) groups excluding carboxylic acids is 1. The van der Waals surface area contributed by atoms with E-state index < -0.39 is 17.4 Å². The summed E-state index contributed by atoms with van der Waals surface area (Å²) in [5.41, 5.74) is 1.55. The van der Waals surface area contributed by atoms with E-state index in [0.29, 0.717) is 17.9 Å². The van der Waals surface area contributed by atoms with E-state index in [-0.39, 0.29) is 5.56 Å². The molecule has 0 unspecified atom stereocenters. The van der Waals surface area contributed by atoms with E-state index in [2.05, 4.69) is 4.98 Å². The van der Waals surface area contributed by atoms with Crippen molar-refractivity contribution in [3.05, 3.63) is 101 Å². The number of hydrogen-bond donors (Lipinski definition) is 0. The zero-order valence-electron chi connectivity index (χ0n) is 13.7. The van der Waals surface area contributed by atoms with Gasteiger partial charge in [-0.25, -0.2) is 8.78 Å². The third kappa shape index (κ3) is 4.39. The van der Waals surface area contributed by atoms with Gasteiger partial charge < -0.3 is 4.74 Å². The van der Waals surface area contributed by atoms with Crippen LogP contribution in [0.1, 0.15) is 21.6 Å². The van der Waals surface area contributed by atoms with Gasteiger partial charge in [-0.1, -0.05) is 24.3 Å². The molecule has 5 heteroatoms. The fourth-order valence-corrected chi connectivity index (χ4v) is 2.30. The number of benzene rings is 2. The number of ether oxygens (including phenoxy) is 1. The maximum Gasteiger partial charge on any atom is 0.185 e. The van der Waals surface area contributed by atoms with Gasteiger partial charge in [0.05, 0.1) is 5.69 Å². The highest BCUT2D eigenvalue weighted by Gasteiger charge is 2.08. The van der Waals surface area contributed by atoms with E-state index in [1.807, 2.05) is 30.3 Å². The number of para-hydroxylation sites is 1. The summed E-state index contributed by atoms with van der Waals surface area (Å²) in [4.78, 5) is 16.3. The number of carbonyl (C=O) groups is 1. The maximum absolute atomic E-state index is 13.3. The number of aromatic nitrogens is 1. The first-order valence-corrected chi connectivity index (χ1v) is 7.92. The van der Waals surface area contributed by atoms with Crippen LogP contribution in [0.4, 0.5) is 8.78 Å². The second-order valence-corrected chi connectivity index (χ2v) is 5.47. The van der Waals surface area contributed by atoms with Crippen LogP contribution in [-0.4, -0.2) is 10.8 Å². The number of nitrogens with zero attached hydrogens (tertiary/aromatic N) is 1. The summed E-state index contributed by atoms with van der Waals surface area (Å²) in [6, 6.07) is 15.8. The predicted molar refractivity (Wildman–Crippen MR) is 94.7 cm³/mol. The molecular formula is C21H15F2NO2. The quantitative estimate of drug-likeness (QED) is 0.471. The van der Waals surface area contributed by atoms with Crippen LogP contribution in [-0.2, 0) is 6.61 Å². The molecule has 0 aliphatic heterocycles. The van der Waals surface area contributed by atoms with Crippen molar-refractivity contribution in [2.24, 2.45) is 0 Å². The number of pyridine rings is 1. The molecule has 3 rings (SSSR count). The van der Waals surface area contributed by atoms with Crippen LogP contribution in [0.5, 0.6) is 5.75 Å². The van der Waals surface area contributed by atoms with Gasteiger partial charge >= 0.3 is 0 Å². The number of ketones is 1. The van der Waals surface area contributed by atoms with Crippen molar-refractivity contribution in [3.63, 3.8) is 0 Å². The van der Waals surface area contributed by atoms with Gasteiger partial charge in [-0.15, -0.1) is 0 Å². The molecule has 130 valence electrons. The Hall–Kier alpha value is -3.34. The number of halogens is 2. The Balaban J connectivity index is 1.73. The van der Waals surface area contributed by atoms with E-state index in [1.165, 1.54) is 12.1 Å². The zero-order chi connectivity index (χ0) is 18.4. The molecule has 3 nitrogen and oxygen atoms in total. The monoisotopic (exact) mass is 351 g/mol.